The SMILES string of the molecule is CCCCCCCCCCCCCCCC(=O)OC1C(=O)O[C@H]([C@@H](O)CO)C1=O. The molecule has 0 amide bonds. The number of carbonyl (C=O) groups is 3. The number of carbonyl (C=O) groups excluding carboxylic acids is 3. The minimum absolute atomic E-state index is 0.141. The molecule has 0 aromatic heterocycles. The molecular weight excluding hydrogens is 376 g/mol. The van der Waals surface area contributed by atoms with Crippen LogP contribution in [0.15, 0.2) is 0 Å². The lowest BCUT2D eigenvalue weighted by Gasteiger charge is -2.12. The zero-order valence-corrected chi connectivity index (χ0v) is 17.8. The van der Waals surface area contributed by atoms with Crippen LogP contribution >= 0.6 is 0 Å². The van der Waals surface area contributed by atoms with Gasteiger partial charge in [0.25, 0.3) is 6.10 Å². The maximum absolute atomic E-state index is 11.9. The molecule has 7 nitrogen and oxygen atoms in total. The highest BCUT2D eigenvalue weighted by Gasteiger charge is 2.49. The molecule has 3 atom stereocenters. The van der Waals surface area contributed by atoms with Gasteiger partial charge >= 0.3 is 11.9 Å². The number of hydrogen-bond acceptors (Lipinski definition) is 7. The second-order valence-corrected chi connectivity index (χ2v) is 7.87. The number of esters is 2. The first kappa shape index (κ1) is 25.6. The Kier molecular flexibility index (Phi) is 13.6. The summed E-state index contributed by atoms with van der Waals surface area (Å²) in [6.45, 7) is 1.51. The van der Waals surface area contributed by atoms with E-state index in [9.17, 15) is 19.5 Å². The number of aliphatic hydroxyl groups is 2. The van der Waals surface area contributed by atoms with E-state index in [0.29, 0.717) is 6.42 Å². The molecule has 29 heavy (non-hydrogen) atoms. The summed E-state index contributed by atoms with van der Waals surface area (Å²) in [5.41, 5.74) is 0. The Hall–Kier alpha value is -1.47. The van der Waals surface area contributed by atoms with Crippen molar-refractivity contribution in [2.24, 2.45) is 0 Å². The molecule has 1 aliphatic heterocycles. The predicted molar refractivity (Wildman–Crippen MR) is 108 cm³/mol. The number of cyclic esters (lactones) is 1. The van der Waals surface area contributed by atoms with Crippen molar-refractivity contribution in [3.05, 3.63) is 0 Å². The van der Waals surface area contributed by atoms with E-state index in [-0.39, 0.29) is 6.42 Å². The summed E-state index contributed by atoms with van der Waals surface area (Å²) < 4.78 is 9.60. The molecule has 2 N–H and O–H groups in total. The number of aliphatic hydroxyl groups excluding tert-OH is 2. The monoisotopic (exact) mass is 414 g/mol. The lowest BCUT2D eigenvalue weighted by atomic mass is 10.0. The van der Waals surface area contributed by atoms with E-state index in [4.69, 9.17) is 9.84 Å². The van der Waals surface area contributed by atoms with Crippen molar-refractivity contribution >= 4 is 17.7 Å². The van der Waals surface area contributed by atoms with Gasteiger partial charge in [-0.2, -0.15) is 0 Å². The Labute approximate surface area is 174 Å². The highest BCUT2D eigenvalue weighted by molar-refractivity contribution is 6.10. The van der Waals surface area contributed by atoms with E-state index in [0.717, 1.165) is 19.3 Å². The molecule has 1 heterocycles. The molecule has 0 radical (unpaired) electrons. The van der Waals surface area contributed by atoms with Crippen LogP contribution in [0, 0.1) is 0 Å². The second-order valence-electron chi connectivity index (χ2n) is 7.87. The highest BCUT2D eigenvalue weighted by atomic mass is 16.6. The van der Waals surface area contributed by atoms with Crippen LogP contribution in [0.4, 0.5) is 0 Å². The van der Waals surface area contributed by atoms with Gasteiger partial charge in [0.15, 0.2) is 6.10 Å². The van der Waals surface area contributed by atoms with Gasteiger partial charge in [0, 0.05) is 6.42 Å². The fourth-order valence-corrected chi connectivity index (χ4v) is 3.46. The van der Waals surface area contributed by atoms with E-state index in [1.807, 2.05) is 0 Å². The zero-order valence-electron chi connectivity index (χ0n) is 17.8. The van der Waals surface area contributed by atoms with Gasteiger partial charge in [-0.15, -0.1) is 0 Å². The first-order valence-corrected chi connectivity index (χ1v) is 11.2. The van der Waals surface area contributed by atoms with Gasteiger partial charge < -0.3 is 19.7 Å². The summed E-state index contributed by atoms with van der Waals surface area (Å²) in [4.78, 5) is 35.4. The number of ketones is 1. The van der Waals surface area contributed by atoms with Crippen molar-refractivity contribution in [1.29, 1.82) is 0 Å². The summed E-state index contributed by atoms with van der Waals surface area (Å²) in [6, 6.07) is 0. The molecular formula is C22H38O7. The van der Waals surface area contributed by atoms with Gasteiger partial charge in [-0.05, 0) is 6.42 Å². The lowest BCUT2D eigenvalue weighted by Crippen LogP contribution is -2.38. The van der Waals surface area contributed by atoms with E-state index in [1.54, 1.807) is 0 Å². The fraction of sp³-hybridized carbons (Fsp3) is 0.864. The van der Waals surface area contributed by atoms with Crippen molar-refractivity contribution in [3.63, 3.8) is 0 Å². The summed E-state index contributed by atoms with van der Waals surface area (Å²) in [5.74, 6) is -2.44. The number of hydrogen-bond donors (Lipinski definition) is 2. The van der Waals surface area contributed by atoms with Crippen LogP contribution in [0.3, 0.4) is 0 Å². The Morgan fingerprint density at radius 1 is 0.931 bits per heavy atom. The maximum atomic E-state index is 11.9. The van der Waals surface area contributed by atoms with Crippen LogP contribution in [0.2, 0.25) is 0 Å². The number of Topliss-reactive ketones (excluding diaryl/α,β-unsaturated/α-hetero) is 1. The van der Waals surface area contributed by atoms with E-state index >= 15 is 0 Å². The molecule has 1 unspecified atom stereocenters. The quantitative estimate of drug-likeness (QED) is 0.214. The molecule has 0 bridgehead atoms. The largest absolute Gasteiger partial charge is 0.448 e. The van der Waals surface area contributed by atoms with Gasteiger partial charge in [-0.1, -0.05) is 84.0 Å². The lowest BCUT2D eigenvalue weighted by molar-refractivity contribution is -0.162. The van der Waals surface area contributed by atoms with Crippen LogP contribution in [-0.2, 0) is 23.9 Å². The minimum atomic E-state index is -1.63. The summed E-state index contributed by atoms with van der Waals surface area (Å²) in [6.07, 6.45) is 11.1. The van der Waals surface area contributed by atoms with Crippen molar-refractivity contribution in [1.82, 2.24) is 0 Å². The molecule has 7 heteroatoms. The van der Waals surface area contributed by atoms with Crippen LogP contribution in [0.25, 0.3) is 0 Å². The molecule has 168 valence electrons. The van der Waals surface area contributed by atoms with Crippen molar-refractivity contribution in [2.45, 2.75) is 115 Å². The summed E-state index contributed by atoms with van der Waals surface area (Å²) in [5, 5.41) is 18.3. The average Bonchev–Trinajstić information content (AvgIpc) is 2.99. The molecule has 0 aromatic rings. The summed E-state index contributed by atoms with van der Waals surface area (Å²) in [7, 11) is 0. The topological polar surface area (TPSA) is 110 Å². The zero-order chi connectivity index (χ0) is 21.5. The third-order valence-corrected chi connectivity index (χ3v) is 5.27. The average molecular weight is 415 g/mol. The van der Waals surface area contributed by atoms with E-state index in [2.05, 4.69) is 11.7 Å². The van der Waals surface area contributed by atoms with Gasteiger partial charge in [0.1, 0.15) is 6.10 Å². The van der Waals surface area contributed by atoms with E-state index < -0.39 is 42.6 Å². The number of unbranched alkanes of at least 4 members (excludes halogenated alkanes) is 12. The number of rotatable bonds is 17. The molecule has 0 aromatic carbocycles. The van der Waals surface area contributed by atoms with Crippen LogP contribution in [0.5, 0.6) is 0 Å². The Balaban J connectivity index is 2.01. The van der Waals surface area contributed by atoms with Crippen LogP contribution < -0.4 is 0 Å². The minimum Gasteiger partial charge on any atom is -0.448 e. The van der Waals surface area contributed by atoms with E-state index in [1.165, 1.54) is 57.8 Å². The molecule has 1 aliphatic rings. The molecule has 0 saturated carbocycles. The second kappa shape index (κ2) is 15.4. The first-order chi connectivity index (χ1) is 14.0. The molecule has 1 rings (SSSR count). The standard InChI is InChI=1S/C22H38O7/c1-2-3-4-5-6-7-8-9-10-11-12-13-14-15-18(25)28-21-19(26)20(17(24)16-23)29-22(21)27/h17,20-21,23-24H,2-16H2,1H3/t17-,20+,21?/m0/s1. The fourth-order valence-electron chi connectivity index (χ4n) is 3.46. The molecule has 0 aliphatic carbocycles. The van der Waals surface area contributed by atoms with Crippen LogP contribution in [0.1, 0.15) is 96.8 Å². The highest BCUT2D eigenvalue weighted by Crippen LogP contribution is 2.19. The van der Waals surface area contributed by atoms with Gasteiger partial charge in [-0.3, -0.25) is 9.59 Å². The third kappa shape index (κ3) is 10.2. The maximum Gasteiger partial charge on any atom is 0.356 e. The molecule has 1 saturated heterocycles. The molecule has 0 spiro atoms. The molecule has 1 fully saturated rings. The van der Waals surface area contributed by atoms with Crippen molar-refractivity contribution in [2.75, 3.05) is 6.61 Å². The summed E-state index contributed by atoms with van der Waals surface area (Å²) >= 11 is 0. The smallest absolute Gasteiger partial charge is 0.356 e. The Bertz CT molecular complexity index is 492. The normalized spacial score (nSPS) is 20.0. The van der Waals surface area contributed by atoms with Crippen molar-refractivity contribution < 1.29 is 34.1 Å². The van der Waals surface area contributed by atoms with Gasteiger partial charge in [-0.25, -0.2) is 4.79 Å². The predicted octanol–water partition coefficient (Wildman–Crippen LogP) is 3.23. The third-order valence-electron chi connectivity index (χ3n) is 5.27. The number of ether oxygens (including phenoxy) is 2. The van der Waals surface area contributed by atoms with Crippen LogP contribution in [-0.4, -0.2) is 52.9 Å². The van der Waals surface area contributed by atoms with Gasteiger partial charge in [0.2, 0.25) is 5.78 Å². The first-order valence-electron chi connectivity index (χ1n) is 11.2. The Morgan fingerprint density at radius 3 is 1.90 bits per heavy atom. The Morgan fingerprint density at radius 2 is 1.41 bits per heavy atom. The van der Waals surface area contributed by atoms with Crippen molar-refractivity contribution in [3.8, 4) is 0 Å². The van der Waals surface area contributed by atoms with Gasteiger partial charge in [0.05, 0.1) is 6.61 Å².